The van der Waals surface area contributed by atoms with Crippen LogP contribution < -0.4 is 5.32 Å². The molecule has 1 aliphatic heterocycles. The van der Waals surface area contributed by atoms with Crippen LogP contribution in [0.4, 0.5) is 0 Å². The number of aromatic nitrogens is 1. The predicted octanol–water partition coefficient (Wildman–Crippen LogP) is 1.31. The number of nitrogens with one attached hydrogen (secondary N) is 1. The summed E-state index contributed by atoms with van der Waals surface area (Å²) in [4.78, 5) is 17.7. The van der Waals surface area contributed by atoms with E-state index in [0.29, 0.717) is 32.4 Å². The standard InChI is InChI=1S/C14H23N3O3S2/c1-3-9-22(19,20)17-8-4-5-12(17)14(18)15-7-6-13-16-10-11(2)21-13/h10,12H,3-9H2,1-2H3,(H,15,18)/t12-/m0/s1. The van der Waals surface area contributed by atoms with E-state index < -0.39 is 16.1 Å². The van der Waals surface area contributed by atoms with E-state index >= 15 is 0 Å². The molecule has 6 nitrogen and oxygen atoms in total. The summed E-state index contributed by atoms with van der Waals surface area (Å²) in [5.41, 5.74) is 0. The molecule has 2 heterocycles. The Kier molecular flexibility index (Phi) is 5.94. The molecule has 1 atom stereocenters. The highest BCUT2D eigenvalue weighted by atomic mass is 32.2. The molecular formula is C14H23N3O3S2. The van der Waals surface area contributed by atoms with Gasteiger partial charge in [0.15, 0.2) is 0 Å². The monoisotopic (exact) mass is 345 g/mol. The lowest BCUT2D eigenvalue weighted by atomic mass is 10.2. The molecule has 0 saturated carbocycles. The van der Waals surface area contributed by atoms with Crippen LogP contribution in [-0.4, -0.2) is 48.5 Å². The number of thiazole rings is 1. The Morgan fingerprint density at radius 2 is 2.32 bits per heavy atom. The van der Waals surface area contributed by atoms with Crippen molar-refractivity contribution in [1.29, 1.82) is 0 Å². The van der Waals surface area contributed by atoms with Gasteiger partial charge in [0.2, 0.25) is 15.9 Å². The first-order chi connectivity index (χ1) is 10.4. The Balaban J connectivity index is 1.88. The van der Waals surface area contributed by atoms with Gasteiger partial charge in [-0.05, 0) is 26.2 Å². The third-order valence-corrected chi connectivity index (χ3v) is 6.68. The van der Waals surface area contributed by atoms with Crippen molar-refractivity contribution in [3.05, 3.63) is 16.1 Å². The summed E-state index contributed by atoms with van der Waals surface area (Å²) < 4.78 is 25.7. The van der Waals surface area contributed by atoms with E-state index in [4.69, 9.17) is 0 Å². The molecule has 8 heteroatoms. The van der Waals surface area contributed by atoms with E-state index in [-0.39, 0.29) is 11.7 Å². The predicted molar refractivity (Wildman–Crippen MR) is 87.4 cm³/mol. The van der Waals surface area contributed by atoms with Crippen molar-refractivity contribution >= 4 is 27.3 Å². The van der Waals surface area contributed by atoms with Crippen molar-refractivity contribution in [1.82, 2.24) is 14.6 Å². The number of sulfonamides is 1. The number of aryl methyl sites for hydroxylation is 1. The Morgan fingerprint density at radius 1 is 1.55 bits per heavy atom. The third kappa shape index (κ3) is 4.27. The normalized spacial score (nSPS) is 19.5. The smallest absolute Gasteiger partial charge is 0.238 e. The SMILES string of the molecule is CCCS(=O)(=O)N1CCC[C@H]1C(=O)NCCc1ncc(C)s1. The summed E-state index contributed by atoms with van der Waals surface area (Å²) in [5, 5.41) is 3.83. The fourth-order valence-electron chi connectivity index (χ4n) is 2.64. The van der Waals surface area contributed by atoms with Crippen LogP contribution in [0.25, 0.3) is 0 Å². The summed E-state index contributed by atoms with van der Waals surface area (Å²) in [6.45, 7) is 4.77. The van der Waals surface area contributed by atoms with Crippen LogP contribution in [0.15, 0.2) is 6.20 Å². The molecule has 22 heavy (non-hydrogen) atoms. The highest BCUT2D eigenvalue weighted by Crippen LogP contribution is 2.22. The van der Waals surface area contributed by atoms with E-state index in [2.05, 4.69) is 10.3 Å². The van der Waals surface area contributed by atoms with E-state index in [0.717, 1.165) is 16.3 Å². The third-order valence-electron chi connectivity index (χ3n) is 3.63. The molecular weight excluding hydrogens is 322 g/mol. The zero-order valence-corrected chi connectivity index (χ0v) is 14.7. The summed E-state index contributed by atoms with van der Waals surface area (Å²) in [6, 6.07) is -0.547. The summed E-state index contributed by atoms with van der Waals surface area (Å²) >= 11 is 1.61. The molecule has 1 saturated heterocycles. The van der Waals surface area contributed by atoms with Gasteiger partial charge in [0.05, 0.1) is 10.8 Å². The Morgan fingerprint density at radius 3 is 2.95 bits per heavy atom. The number of nitrogens with zero attached hydrogens (tertiary/aromatic N) is 2. The lowest BCUT2D eigenvalue weighted by Gasteiger charge is -2.23. The molecule has 0 spiro atoms. The Labute approximate surface area is 136 Å². The van der Waals surface area contributed by atoms with Crippen LogP contribution in [0, 0.1) is 6.92 Å². The molecule has 2 rings (SSSR count). The number of carbonyl (C=O) groups excluding carboxylic acids is 1. The first-order valence-electron chi connectivity index (χ1n) is 7.62. The molecule has 1 aromatic rings. The summed E-state index contributed by atoms with van der Waals surface area (Å²) in [6.07, 6.45) is 4.41. The fraction of sp³-hybridized carbons (Fsp3) is 0.714. The van der Waals surface area contributed by atoms with Crippen molar-refractivity contribution in [2.45, 2.75) is 45.6 Å². The average Bonchev–Trinajstić information content (AvgIpc) is 3.07. The minimum Gasteiger partial charge on any atom is -0.354 e. The Hall–Kier alpha value is -0.990. The Bertz CT molecular complexity index is 613. The molecule has 1 amide bonds. The lowest BCUT2D eigenvalue weighted by Crippen LogP contribution is -2.46. The molecule has 0 aromatic carbocycles. The van der Waals surface area contributed by atoms with E-state index in [1.165, 1.54) is 4.31 Å². The van der Waals surface area contributed by atoms with Crippen LogP contribution in [0.2, 0.25) is 0 Å². The molecule has 1 fully saturated rings. The van der Waals surface area contributed by atoms with Crippen molar-refractivity contribution in [3.63, 3.8) is 0 Å². The minimum atomic E-state index is -3.32. The summed E-state index contributed by atoms with van der Waals surface area (Å²) in [5.74, 6) is -0.0831. The lowest BCUT2D eigenvalue weighted by molar-refractivity contribution is -0.124. The molecule has 1 aromatic heterocycles. The zero-order valence-electron chi connectivity index (χ0n) is 13.0. The van der Waals surface area contributed by atoms with Gasteiger partial charge in [0, 0.05) is 30.6 Å². The largest absolute Gasteiger partial charge is 0.354 e. The number of amides is 1. The van der Waals surface area contributed by atoms with Crippen LogP contribution in [0.3, 0.4) is 0 Å². The van der Waals surface area contributed by atoms with Gasteiger partial charge >= 0.3 is 0 Å². The molecule has 0 radical (unpaired) electrons. The van der Waals surface area contributed by atoms with Gasteiger partial charge in [-0.15, -0.1) is 11.3 Å². The quantitative estimate of drug-likeness (QED) is 0.808. The molecule has 0 bridgehead atoms. The van der Waals surface area contributed by atoms with Crippen molar-refractivity contribution in [2.75, 3.05) is 18.8 Å². The van der Waals surface area contributed by atoms with Gasteiger partial charge in [-0.3, -0.25) is 4.79 Å². The van der Waals surface area contributed by atoms with Crippen molar-refractivity contribution in [2.24, 2.45) is 0 Å². The maximum Gasteiger partial charge on any atom is 0.238 e. The second-order valence-electron chi connectivity index (χ2n) is 5.49. The number of hydrogen-bond donors (Lipinski definition) is 1. The second-order valence-corrected chi connectivity index (χ2v) is 8.85. The average molecular weight is 345 g/mol. The highest BCUT2D eigenvalue weighted by molar-refractivity contribution is 7.89. The molecule has 1 N–H and O–H groups in total. The van der Waals surface area contributed by atoms with Crippen LogP contribution >= 0.6 is 11.3 Å². The van der Waals surface area contributed by atoms with E-state index in [1.54, 1.807) is 11.3 Å². The fourth-order valence-corrected chi connectivity index (χ4v) is 5.17. The van der Waals surface area contributed by atoms with Crippen LogP contribution in [0.5, 0.6) is 0 Å². The van der Waals surface area contributed by atoms with Gasteiger partial charge in [-0.2, -0.15) is 4.31 Å². The van der Waals surface area contributed by atoms with Gasteiger partial charge < -0.3 is 5.32 Å². The van der Waals surface area contributed by atoms with Gasteiger partial charge in [-0.1, -0.05) is 6.92 Å². The maximum atomic E-state index is 12.3. The first kappa shape index (κ1) is 17.4. The van der Waals surface area contributed by atoms with E-state index in [9.17, 15) is 13.2 Å². The van der Waals surface area contributed by atoms with Crippen LogP contribution in [-0.2, 0) is 21.2 Å². The summed E-state index contributed by atoms with van der Waals surface area (Å²) in [7, 11) is -3.32. The number of hydrogen-bond acceptors (Lipinski definition) is 5. The molecule has 1 aliphatic rings. The molecule has 124 valence electrons. The van der Waals surface area contributed by atoms with Gasteiger partial charge in [-0.25, -0.2) is 13.4 Å². The van der Waals surface area contributed by atoms with Gasteiger partial charge in [0.1, 0.15) is 6.04 Å². The molecule has 0 unspecified atom stereocenters. The van der Waals surface area contributed by atoms with Gasteiger partial charge in [0.25, 0.3) is 0 Å². The zero-order chi connectivity index (χ0) is 16.2. The highest BCUT2D eigenvalue weighted by Gasteiger charge is 2.37. The van der Waals surface area contributed by atoms with E-state index in [1.807, 2.05) is 20.0 Å². The minimum absolute atomic E-state index is 0.106. The van der Waals surface area contributed by atoms with Crippen molar-refractivity contribution in [3.8, 4) is 0 Å². The topological polar surface area (TPSA) is 79.4 Å². The van der Waals surface area contributed by atoms with Crippen molar-refractivity contribution < 1.29 is 13.2 Å². The first-order valence-corrected chi connectivity index (χ1v) is 10.0. The second kappa shape index (κ2) is 7.52. The number of rotatable bonds is 7. The number of carbonyl (C=O) groups is 1. The van der Waals surface area contributed by atoms with Crippen LogP contribution in [0.1, 0.15) is 36.1 Å². The maximum absolute atomic E-state index is 12.3. The molecule has 0 aliphatic carbocycles.